The second-order valence-electron chi connectivity index (χ2n) is 4.66. The maximum Gasteiger partial charge on any atom is 0.123 e. The Morgan fingerprint density at radius 2 is 2.00 bits per heavy atom. The lowest BCUT2D eigenvalue weighted by atomic mass is 9.85. The van der Waals surface area contributed by atoms with Crippen molar-refractivity contribution >= 4 is 22.6 Å². The molecule has 1 aromatic rings. The Morgan fingerprint density at radius 3 is 2.69 bits per heavy atom. The second kappa shape index (κ2) is 5.89. The third-order valence-corrected chi connectivity index (χ3v) is 4.15. The van der Waals surface area contributed by atoms with E-state index in [1.165, 1.54) is 47.7 Å². The van der Waals surface area contributed by atoms with Crippen LogP contribution in [0, 0.1) is 9.49 Å². The maximum absolute atomic E-state index is 5.46. The van der Waals surface area contributed by atoms with Crippen molar-refractivity contribution in [3.8, 4) is 5.75 Å². The van der Waals surface area contributed by atoms with Crippen LogP contribution < -0.4 is 4.74 Å². The summed E-state index contributed by atoms with van der Waals surface area (Å²) in [5, 5.41) is 0. The lowest BCUT2D eigenvalue weighted by Crippen LogP contribution is -2.10. The summed E-state index contributed by atoms with van der Waals surface area (Å²) >= 11 is 2.34. The molecule has 0 saturated heterocycles. The molecule has 0 radical (unpaired) electrons. The molecule has 0 aromatic heterocycles. The number of benzene rings is 1. The Balaban J connectivity index is 2.07. The Bertz CT molecular complexity index is 343. The first kappa shape index (κ1) is 12.2. The molecule has 0 aliphatic heterocycles. The highest BCUT2D eigenvalue weighted by Crippen LogP contribution is 2.30. The van der Waals surface area contributed by atoms with Crippen LogP contribution in [0.3, 0.4) is 0 Å². The van der Waals surface area contributed by atoms with Gasteiger partial charge in [0, 0.05) is 3.57 Å². The Hall–Kier alpha value is -0.250. The number of ether oxygens (including phenoxy) is 1. The quantitative estimate of drug-likeness (QED) is 0.746. The third kappa shape index (κ3) is 3.12. The van der Waals surface area contributed by atoms with Crippen molar-refractivity contribution in [3.05, 3.63) is 27.3 Å². The molecule has 1 fully saturated rings. The van der Waals surface area contributed by atoms with Crippen molar-refractivity contribution in [2.45, 2.75) is 38.5 Å². The van der Waals surface area contributed by atoms with Gasteiger partial charge < -0.3 is 4.74 Å². The van der Waals surface area contributed by atoms with Gasteiger partial charge >= 0.3 is 0 Å². The monoisotopic (exact) mass is 330 g/mol. The van der Waals surface area contributed by atoms with E-state index in [9.17, 15) is 0 Å². The van der Waals surface area contributed by atoms with Crippen LogP contribution in [0.4, 0.5) is 0 Å². The van der Waals surface area contributed by atoms with E-state index in [4.69, 9.17) is 4.74 Å². The van der Waals surface area contributed by atoms with Gasteiger partial charge in [0.1, 0.15) is 5.75 Å². The zero-order valence-electron chi connectivity index (χ0n) is 9.84. The second-order valence-corrected chi connectivity index (χ2v) is 5.91. The number of methoxy groups -OCH3 is 1. The van der Waals surface area contributed by atoms with E-state index >= 15 is 0 Å². The van der Waals surface area contributed by atoms with Crippen LogP contribution in [0.25, 0.3) is 0 Å². The minimum Gasteiger partial charge on any atom is -0.496 e. The highest BCUT2D eigenvalue weighted by molar-refractivity contribution is 14.1. The molecular weight excluding hydrogens is 311 g/mol. The van der Waals surface area contributed by atoms with E-state index < -0.39 is 0 Å². The van der Waals surface area contributed by atoms with Gasteiger partial charge in [-0.1, -0.05) is 38.2 Å². The van der Waals surface area contributed by atoms with Crippen molar-refractivity contribution in [1.82, 2.24) is 0 Å². The van der Waals surface area contributed by atoms with Gasteiger partial charge in [0.25, 0.3) is 0 Å². The van der Waals surface area contributed by atoms with E-state index in [0.717, 1.165) is 11.7 Å². The normalized spacial score (nSPS) is 17.4. The fraction of sp³-hybridized carbons (Fsp3) is 0.571. The summed E-state index contributed by atoms with van der Waals surface area (Å²) in [4.78, 5) is 0. The highest BCUT2D eigenvalue weighted by Gasteiger charge is 2.15. The van der Waals surface area contributed by atoms with Gasteiger partial charge in [0.05, 0.1) is 7.11 Å². The van der Waals surface area contributed by atoms with Crippen LogP contribution in [-0.2, 0) is 6.42 Å². The largest absolute Gasteiger partial charge is 0.496 e. The van der Waals surface area contributed by atoms with Gasteiger partial charge in [-0.2, -0.15) is 0 Å². The van der Waals surface area contributed by atoms with Crippen LogP contribution in [-0.4, -0.2) is 7.11 Å². The molecule has 1 saturated carbocycles. The minimum absolute atomic E-state index is 0.878. The van der Waals surface area contributed by atoms with E-state index in [2.05, 4.69) is 40.8 Å². The van der Waals surface area contributed by atoms with Gasteiger partial charge in [-0.15, -0.1) is 0 Å². The average Bonchev–Trinajstić information content (AvgIpc) is 2.33. The molecule has 16 heavy (non-hydrogen) atoms. The predicted octanol–water partition coefficient (Wildman–Crippen LogP) is 4.42. The Kier molecular flexibility index (Phi) is 4.50. The molecule has 1 aromatic carbocycles. The topological polar surface area (TPSA) is 9.23 Å². The zero-order chi connectivity index (χ0) is 11.4. The number of halogens is 1. The molecular formula is C14H19IO. The number of rotatable bonds is 3. The summed E-state index contributed by atoms with van der Waals surface area (Å²) in [6.45, 7) is 0. The number of hydrogen-bond acceptors (Lipinski definition) is 1. The van der Waals surface area contributed by atoms with E-state index in [1.807, 2.05) is 0 Å². The first-order chi connectivity index (χ1) is 7.79. The van der Waals surface area contributed by atoms with Crippen LogP contribution in [0.15, 0.2) is 18.2 Å². The Morgan fingerprint density at radius 1 is 1.25 bits per heavy atom. The summed E-state index contributed by atoms with van der Waals surface area (Å²) < 4.78 is 6.71. The Labute approximate surface area is 112 Å². The SMILES string of the molecule is COc1cc(I)ccc1CC1CCCCC1. The molecule has 1 nitrogen and oxygen atoms in total. The van der Waals surface area contributed by atoms with Crippen LogP contribution in [0.2, 0.25) is 0 Å². The molecule has 1 aliphatic rings. The van der Waals surface area contributed by atoms with E-state index in [-0.39, 0.29) is 0 Å². The molecule has 2 rings (SSSR count). The first-order valence-corrected chi connectivity index (χ1v) is 7.20. The smallest absolute Gasteiger partial charge is 0.123 e. The average molecular weight is 330 g/mol. The minimum atomic E-state index is 0.878. The molecule has 0 spiro atoms. The number of hydrogen-bond donors (Lipinski definition) is 0. The van der Waals surface area contributed by atoms with Crippen molar-refractivity contribution in [1.29, 1.82) is 0 Å². The van der Waals surface area contributed by atoms with E-state index in [1.54, 1.807) is 7.11 Å². The molecule has 0 bridgehead atoms. The van der Waals surface area contributed by atoms with Crippen LogP contribution in [0.5, 0.6) is 5.75 Å². The lowest BCUT2D eigenvalue weighted by Gasteiger charge is -2.22. The highest BCUT2D eigenvalue weighted by atomic mass is 127. The molecule has 88 valence electrons. The zero-order valence-corrected chi connectivity index (χ0v) is 12.0. The molecule has 0 amide bonds. The van der Waals surface area contributed by atoms with Crippen molar-refractivity contribution in [2.24, 2.45) is 5.92 Å². The fourth-order valence-electron chi connectivity index (χ4n) is 2.59. The molecule has 0 N–H and O–H groups in total. The van der Waals surface area contributed by atoms with Gasteiger partial charge in [-0.05, 0) is 52.6 Å². The van der Waals surface area contributed by atoms with Crippen molar-refractivity contribution in [2.75, 3.05) is 7.11 Å². The van der Waals surface area contributed by atoms with Crippen LogP contribution >= 0.6 is 22.6 Å². The summed E-state index contributed by atoms with van der Waals surface area (Å²) in [6, 6.07) is 6.55. The predicted molar refractivity (Wildman–Crippen MR) is 76.0 cm³/mol. The summed E-state index contributed by atoms with van der Waals surface area (Å²) in [5.41, 5.74) is 1.38. The third-order valence-electron chi connectivity index (χ3n) is 3.48. The summed E-state index contributed by atoms with van der Waals surface area (Å²) in [7, 11) is 1.77. The molecule has 0 unspecified atom stereocenters. The summed E-state index contributed by atoms with van der Waals surface area (Å²) in [5.74, 6) is 1.94. The van der Waals surface area contributed by atoms with Crippen molar-refractivity contribution in [3.63, 3.8) is 0 Å². The summed E-state index contributed by atoms with van der Waals surface area (Å²) in [6.07, 6.45) is 8.25. The van der Waals surface area contributed by atoms with Gasteiger partial charge in [0.2, 0.25) is 0 Å². The fourth-order valence-corrected chi connectivity index (χ4v) is 3.05. The molecule has 1 aliphatic carbocycles. The van der Waals surface area contributed by atoms with E-state index in [0.29, 0.717) is 0 Å². The van der Waals surface area contributed by atoms with Crippen LogP contribution in [0.1, 0.15) is 37.7 Å². The lowest BCUT2D eigenvalue weighted by molar-refractivity contribution is 0.348. The standard InChI is InChI=1S/C14H19IO/c1-16-14-10-13(15)8-7-12(14)9-11-5-3-2-4-6-11/h7-8,10-11H,2-6,9H2,1H3. The maximum atomic E-state index is 5.46. The molecule has 0 atom stereocenters. The van der Waals surface area contributed by atoms with Gasteiger partial charge in [0.15, 0.2) is 0 Å². The van der Waals surface area contributed by atoms with Crippen molar-refractivity contribution < 1.29 is 4.74 Å². The van der Waals surface area contributed by atoms with Gasteiger partial charge in [-0.25, -0.2) is 0 Å². The first-order valence-electron chi connectivity index (χ1n) is 6.12. The molecule has 2 heteroatoms. The van der Waals surface area contributed by atoms with Gasteiger partial charge in [-0.3, -0.25) is 0 Å². The molecule has 0 heterocycles.